The molecule has 1 unspecified atom stereocenters. The lowest BCUT2D eigenvalue weighted by Gasteiger charge is -2.21. The molecule has 0 spiro atoms. The average molecular weight is 229 g/mol. The maximum atomic E-state index is 11.8. The van der Waals surface area contributed by atoms with Crippen molar-refractivity contribution in [3.05, 3.63) is 0 Å². The Bertz CT molecular complexity index is 246. The molecule has 1 saturated heterocycles. The van der Waals surface area contributed by atoms with Gasteiger partial charge in [-0.1, -0.05) is 6.92 Å². The Hall–Kier alpha value is -1.10. The van der Waals surface area contributed by atoms with E-state index in [-0.39, 0.29) is 18.2 Å². The molecule has 1 aliphatic rings. The molecule has 0 aromatic heterocycles. The van der Waals surface area contributed by atoms with Gasteiger partial charge in [-0.2, -0.15) is 0 Å². The van der Waals surface area contributed by atoms with Crippen molar-refractivity contribution in [2.75, 3.05) is 26.3 Å². The van der Waals surface area contributed by atoms with Crippen LogP contribution in [0.5, 0.6) is 0 Å². The van der Waals surface area contributed by atoms with Gasteiger partial charge in [-0.05, 0) is 12.3 Å². The summed E-state index contributed by atoms with van der Waals surface area (Å²) in [6.45, 7) is 4.42. The van der Waals surface area contributed by atoms with Crippen molar-refractivity contribution in [3.63, 3.8) is 0 Å². The first-order valence-electron chi connectivity index (χ1n) is 5.67. The van der Waals surface area contributed by atoms with Gasteiger partial charge >= 0.3 is 5.97 Å². The third-order valence-electron chi connectivity index (χ3n) is 2.62. The predicted octanol–water partition coefficient (Wildman–Crippen LogP) is 0.736. The fraction of sp³-hybridized carbons (Fsp3) is 0.818. The van der Waals surface area contributed by atoms with Crippen molar-refractivity contribution in [2.24, 2.45) is 5.92 Å². The molecule has 0 aromatic carbocycles. The van der Waals surface area contributed by atoms with Gasteiger partial charge in [0.1, 0.15) is 0 Å². The quantitative estimate of drug-likeness (QED) is 0.772. The van der Waals surface area contributed by atoms with Gasteiger partial charge in [-0.3, -0.25) is 9.59 Å². The van der Waals surface area contributed by atoms with Crippen molar-refractivity contribution in [1.82, 2.24) is 4.90 Å². The van der Waals surface area contributed by atoms with E-state index in [9.17, 15) is 9.59 Å². The Labute approximate surface area is 95.4 Å². The molecule has 0 radical (unpaired) electrons. The second-order valence-corrected chi connectivity index (χ2v) is 4.25. The van der Waals surface area contributed by atoms with E-state index >= 15 is 0 Å². The molecule has 1 aliphatic heterocycles. The molecule has 0 aliphatic carbocycles. The number of carboxylic acid groups (broad SMARTS) is 1. The van der Waals surface area contributed by atoms with Crippen LogP contribution in [-0.4, -0.2) is 48.2 Å². The van der Waals surface area contributed by atoms with Crippen LogP contribution in [-0.2, 0) is 14.3 Å². The number of hydrogen-bond donors (Lipinski definition) is 1. The molecule has 92 valence electrons. The van der Waals surface area contributed by atoms with E-state index in [0.717, 1.165) is 13.0 Å². The second kappa shape index (κ2) is 6.48. The van der Waals surface area contributed by atoms with Crippen molar-refractivity contribution < 1.29 is 19.4 Å². The minimum absolute atomic E-state index is 0.0410. The zero-order chi connectivity index (χ0) is 12.0. The van der Waals surface area contributed by atoms with Crippen LogP contribution in [0.2, 0.25) is 0 Å². The highest BCUT2D eigenvalue weighted by Crippen LogP contribution is 2.11. The first-order chi connectivity index (χ1) is 7.59. The van der Waals surface area contributed by atoms with Gasteiger partial charge in [0.2, 0.25) is 5.91 Å². The third kappa shape index (κ3) is 4.61. The van der Waals surface area contributed by atoms with Crippen LogP contribution in [0, 0.1) is 5.92 Å². The number of carbonyl (C=O) groups is 2. The number of amides is 1. The van der Waals surface area contributed by atoms with Crippen LogP contribution >= 0.6 is 0 Å². The highest BCUT2D eigenvalue weighted by atomic mass is 16.5. The molecule has 1 amide bonds. The lowest BCUT2D eigenvalue weighted by Crippen LogP contribution is -2.34. The largest absolute Gasteiger partial charge is 0.481 e. The number of carboxylic acids is 1. The van der Waals surface area contributed by atoms with Crippen molar-refractivity contribution in [1.29, 1.82) is 0 Å². The van der Waals surface area contributed by atoms with Gasteiger partial charge in [0, 0.05) is 32.5 Å². The van der Waals surface area contributed by atoms with Crippen molar-refractivity contribution >= 4 is 11.9 Å². The summed E-state index contributed by atoms with van der Waals surface area (Å²) in [5.74, 6) is -0.909. The maximum absolute atomic E-state index is 11.8. The van der Waals surface area contributed by atoms with Crippen molar-refractivity contribution in [2.45, 2.75) is 26.2 Å². The van der Waals surface area contributed by atoms with E-state index in [2.05, 4.69) is 0 Å². The molecular weight excluding hydrogens is 210 g/mol. The van der Waals surface area contributed by atoms with Crippen LogP contribution in [0.25, 0.3) is 0 Å². The maximum Gasteiger partial charge on any atom is 0.303 e. The van der Waals surface area contributed by atoms with Crippen LogP contribution in [0.4, 0.5) is 0 Å². The summed E-state index contributed by atoms with van der Waals surface area (Å²) in [6, 6.07) is 0. The summed E-state index contributed by atoms with van der Waals surface area (Å²) in [4.78, 5) is 24.1. The predicted molar refractivity (Wildman–Crippen MR) is 58.0 cm³/mol. The molecule has 16 heavy (non-hydrogen) atoms. The summed E-state index contributed by atoms with van der Waals surface area (Å²) in [5.41, 5.74) is 0. The van der Waals surface area contributed by atoms with E-state index in [1.807, 2.05) is 0 Å². The molecule has 5 heteroatoms. The Morgan fingerprint density at radius 3 is 2.75 bits per heavy atom. The van der Waals surface area contributed by atoms with E-state index in [1.54, 1.807) is 11.8 Å². The molecule has 1 fully saturated rings. The smallest absolute Gasteiger partial charge is 0.303 e. The number of aliphatic carboxylic acids is 1. The van der Waals surface area contributed by atoms with Gasteiger partial charge in [-0.25, -0.2) is 0 Å². The first-order valence-corrected chi connectivity index (χ1v) is 5.67. The number of nitrogens with zero attached hydrogens (tertiary/aromatic N) is 1. The van der Waals surface area contributed by atoms with Gasteiger partial charge in [0.15, 0.2) is 0 Å². The fourth-order valence-electron chi connectivity index (χ4n) is 1.79. The summed E-state index contributed by atoms with van der Waals surface area (Å²) in [5, 5.41) is 8.61. The minimum Gasteiger partial charge on any atom is -0.481 e. The number of ether oxygens (including phenoxy) is 1. The summed E-state index contributed by atoms with van der Waals surface area (Å²) < 4.78 is 5.26. The Kier molecular flexibility index (Phi) is 5.25. The number of carbonyl (C=O) groups excluding carboxylic acids is 1. The fourth-order valence-corrected chi connectivity index (χ4v) is 1.79. The highest BCUT2D eigenvalue weighted by molar-refractivity contribution is 5.77. The molecule has 1 rings (SSSR count). The SMILES string of the molecule is CC(CC(=O)O)CC(=O)N1CCCOCC1. The van der Waals surface area contributed by atoms with Gasteiger partial charge in [0.05, 0.1) is 6.61 Å². The summed E-state index contributed by atoms with van der Waals surface area (Å²) in [6.07, 6.45) is 1.22. The van der Waals surface area contributed by atoms with Crippen LogP contribution in [0.15, 0.2) is 0 Å². The number of rotatable bonds is 4. The monoisotopic (exact) mass is 229 g/mol. The Balaban J connectivity index is 2.34. The normalized spacial score (nSPS) is 18.9. The molecule has 5 nitrogen and oxygen atoms in total. The van der Waals surface area contributed by atoms with E-state index in [0.29, 0.717) is 26.2 Å². The van der Waals surface area contributed by atoms with Crippen molar-refractivity contribution in [3.8, 4) is 0 Å². The molecule has 0 bridgehead atoms. The molecule has 1 heterocycles. The zero-order valence-corrected chi connectivity index (χ0v) is 9.65. The first kappa shape index (κ1) is 13.0. The lowest BCUT2D eigenvalue weighted by molar-refractivity contribution is -0.138. The number of hydrogen-bond acceptors (Lipinski definition) is 3. The molecule has 0 aromatic rings. The van der Waals surface area contributed by atoms with Crippen LogP contribution in [0.1, 0.15) is 26.2 Å². The summed E-state index contributed by atoms with van der Waals surface area (Å²) in [7, 11) is 0. The molecule has 0 saturated carbocycles. The topological polar surface area (TPSA) is 66.8 Å². The zero-order valence-electron chi connectivity index (χ0n) is 9.65. The average Bonchev–Trinajstić information content (AvgIpc) is 2.43. The molecular formula is C11H19NO4. The van der Waals surface area contributed by atoms with E-state index in [4.69, 9.17) is 9.84 Å². The molecule has 1 N–H and O–H groups in total. The third-order valence-corrected chi connectivity index (χ3v) is 2.62. The van der Waals surface area contributed by atoms with Gasteiger partial charge < -0.3 is 14.7 Å². The minimum atomic E-state index is -0.848. The van der Waals surface area contributed by atoms with Gasteiger partial charge in [0.25, 0.3) is 0 Å². The second-order valence-electron chi connectivity index (χ2n) is 4.25. The standard InChI is InChI=1S/C11H19NO4/c1-9(8-11(14)15)7-10(13)12-3-2-5-16-6-4-12/h9H,2-8H2,1H3,(H,14,15). The van der Waals surface area contributed by atoms with Crippen LogP contribution < -0.4 is 0 Å². The van der Waals surface area contributed by atoms with Gasteiger partial charge in [-0.15, -0.1) is 0 Å². The summed E-state index contributed by atoms with van der Waals surface area (Å²) >= 11 is 0. The van der Waals surface area contributed by atoms with E-state index in [1.165, 1.54) is 0 Å². The van der Waals surface area contributed by atoms with Crippen LogP contribution in [0.3, 0.4) is 0 Å². The lowest BCUT2D eigenvalue weighted by atomic mass is 10.0. The Morgan fingerprint density at radius 2 is 2.06 bits per heavy atom. The highest BCUT2D eigenvalue weighted by Gasteiger charge is 2.19. The Morgan fingerprint density at radius 1 is 1.31 bits per heavy atom. The van der Waals surface area contributed by atoms with E-state index < -0.39 is 5.97 Å². The molecule has 1 atom stereocenters.